The number of piperidine rings is 1. The molecule has 0 aliphatic carbocycles. The van der Waals surface area contributed by atoms with Crippen LogP contribution in [0, 0.1) is 6.92 Å². The number of carbonyl (C=O) groups excluding carboxylic acids is 1. The van der Waals surface area contributed by atoms with Gasteiger partial charge in [-0.15, -0.1) is 10.2 Å². The molecule has 1 aliphatic rings. The minimum Gasteiger partial charge on any atom is -0.475 e. The maximum absolute atomic E-state index is 12.7. The predicted molar refractivity (Wildman–Crippen MR) is 129 cm³/mol. The molecule has 0 unspecified atom stereocenters. The summed E-state index contributed by atoms with van der Waals surface area (Å²) in [5.41, 5.74) is 3.30. The molecular weight excluding hydrogens is 452 g/mol. The Kier molecular flexibility index (Phi) is 7.54. The predicted octanol–water partition coefficient (Wildman–Crippen LogP) is 3.44. The second-order valence-corrected chi connectivity index (χ2v) is 10.2. The van der Waals surface area contributed by atoms with Gasteiger partial charge in [-0.3, -0.25) is 4.79 Å². The van der Waals surface area contributed by atoms with Crippen LogP contribution in [0.5, 0.6) is 5.88 Å². The van der Waals surface area contributed by atoms with Crippen LogP contribution in [0.15, 0.2) is 65.6 Å². The van der Waals surface area contributed by atoms with E-state index in [1.165, 1.54) is 34.1 Å². The third-order valence-corrected chi connectivity index (χ3v) is 7.61. The van der Waals surface area contributed by atoms with Gasteiger partial charge in [-0.25, -0.2) is 8.42 Å². The highest BCUT2D eigenvalue weighted by Crippen LogP contribution is 2.21. The Labute approximate surface area is 200 Å². The molecule has 4 rings (SSSR count). The van der Waals surface area contributed by atoms with Crippen molar-refractivity contribution < 1.29 is 17.9 Å². The third-order valence-electron chi connectivity index (χ3n) is 5.69. The van der Waals surface area contributed by atoms with Crippen LogP contribution in [-0.4, -0.2) is 55.1 Å². The SMILES string of the molecule is Cc1ccc(-c2ccc(OCCNC(=O)c3ccc(S(=O)(=O)N4CCCCC4)cc3)nn2)cc1. The zero-order valence-corrected chi connectivity index (χ0v) is 19.9. The largest absolute Gasteiger partial charge is 0.475 e. The maximum Gasteiger partial charge on any atom is 0.251 e. The number of amides is 1. The Morgan fingerprint density at radius 3 is 2.29 bits per heavy atom. The Hall–Kier alpha value is -3.30. The molecule has 3 aromatic rings. The maximum atomic E-state index is 12.7. The fourth-order valence-corrected chi connectivity index (χ4v) is 5.25. The molecule has 9 heteroatoms. The summed E-state index contributed by atoms with van der Waals surface area (Å²) < 4.78 is 32.5. The molecule has 8 nitrogen and oxygen atoms in total. The number of sulfonamides is 1. The lowest BCUT2D eigenvalue weighted by Crippen LogP contribution is -2.35. The average Bonchev–Trinajstić information content (AvgIpc) is 2.88. The van der Waals surface area contributed by atoms with Gasteiger partial charge in [0.2, 0.25) is 15.9 Å². The van der Waals surface area contributed by atoms with Crippen molar-refractivity contribution in [1.82, 2.24) is 19.8 Å². The van der Waals surface area contributed by atoms with Crippen molar-refractivity contribution in [3.63, 3.8) is 0 Å². The highest BCUT2D eigenvalue weighted by molar-refractivity contribution is 7.89. The lowest BCUT2D eigenvalue weighted by molar-refractivity contribution is 0.0946. The van der Waals surface area contributed by atoms with Crippen LogP contribution >= 0.6 is 0 Å². The fraction of sp³-hybridized carbons (Fsp3) is 0.320. The zero-order valence-electron chi connectivity index (χ0n) is 19.1. The quantitative estimate of drug-likeness (QED) is 0.496. The number of benzene rings is 2. The molecule has 0 saturated carbocycles. The normalized spacial score (nSPS) is 14.5. The summed E-state index contributed by atoms with van der Waals surface area (Å²) in [6.07, 6.45) is 2.81. The van der Waals surface area contributed by atoms with Crippen LogP contribution in [0.2, 0.25) is 0 Å². The van der Waals surface area contributed by atoms with E-state index in [2.05, 4.69) is 15.5 Å². The van der Waals surface area contributed by atoms with E-state index in [1.807, 2.05) is 37.3 Å². The molecule has 1 fully saturated rings. The van der Waals surface area contributed by atoms with Gasteiger partial charge in [0.1, 0.15) is 6.61 Å². The monoisotopic (exact) mass is 480 g/mol. The summed E-state index contributed by atoms with van der Waals surface area (Å²) in [6.45, 7) is 3.62. The highest BCUT2D eigenvalue weighted by Gasteiger charge is 2.25. The summed E-state index contributed by atoms with van der Waals surface area (Å²) >= 11 is 0. The molecule has 2 aromatic carbocycles. The molecule has 0 spiro atoms. The van der Waals surface area contributed by atoms with Gasteiger partial charge < -0.3 is 10.1 Å². The number of carbonyl (C=O) groups is 1. The second kappa shape index (κ2) is 10.8. The van der Waals surface area contributed by atoms with Crippen molar-refractivity contribution in [3.8, 4) is 17.1 Å². The van der Waals surface area contributed by atoms with Crippen LogP contribution in [0.1, 0.15) is 35.2 Å². The molecule has 0 radical (unpaired) electrons. The van der Waals surface area contributed by atoms with E-state index < -0.39 is 10.0 Å². The summed E-state index contributed by atoms with van der Waals surface area (Å²) in [5, 5.41) is 11.0. The Morgan fingerprint density at radius 1 is 0.941 bits per heavy atom. The van der Waals surface area contributed by atoms with Gasteiger partial charge in [-0.2, -0.15) is 4.31 Å². The number of nitrogens with one attached hydrogen (secondary N) is 1. The molecule has 1 amide bonds. The minimum atomic E-state index is -3.51. The van der Waals surface area contributed by atoms with Crippen molar-refractivity contribution in [2.45, 2.75) is 31.1 Å². The van der Waals surface area contributed by atoms with E-state index in [-0.39, 0.29) is 24.0 Å². The lowest BCUT2D eigenvalue weighted by atomic mass is 10.1. The Morgan fingerprint density at radius 2 is 1.65 bits per heavy atom. The summed E-state index contributed by atoms with van der Waals surface area (Å²) in [5.74, 6) is 0.0729. The van der Waals surface area contributed by atoms with E-state index in [1.54, 1.807) is 6.07 Å². The molecule has 1 N–H and O–H groups in total. The highest BCUT2D eigenvalue weighted by atomic mass is 32.2. The van der Waals surface area contributed by atoms with Gasteiger partial charge in [0, 0.05) is 30.3 Å². The topological polar surface area (TPSA) is 101 Å². The van der Waals surface area contributed by atoms with Crippen molar-refractivity contribution in [2.75, 3.05) is 26.2 Å². The van der Waals surface area contributed by atoms with E-state index >= 15 is 0 Å². The third kappa shape index (κ3) is 5.78. The Bertz CT molecular complexity index is 1210. The molecular formula is C25H28N4O4S. The molecule has 0 bridgehead atoms. The van der Waals surface area contributed by atoms with Crippen molar-refractivity contribution in [3.05, 3.63) is 71.8 Å². The number of ether oxygens (including phenoxy) is 1. The average molecular weight is 481 g/mol. The summed E-state index contributed by atoms with van der Waals surface area (Å²) in [4.78, 5) is 12.6. The van der Waals surface area contributed by atoms with Crippen molar-refractivity contribution >= 4 is 15.9 Å². The second-order valence-electron chi connectivity index (χ2n) is 8.22. The van der Waals surface area contributed by atoms with E-state index in [9.17, 15) is 13.2 Å². The number of aryl methyl sites for hydroxylation is 1. The molecule has 1 saturated heterocycles. The van der Waals surface area contributed by atoms with Gasteiger partial charge in [0.25, 0.3) is 5.91 Å². The first-order valence-electron chi connectivity index (χ1n) is 11.4. The van der Waals surface area contributed by atoms with Crippen LogP contribution in [0.4, 0.5) is 0 Å². The molecule has 1 aromatic heterocycles. The molecule has 2 heterocycles. The van der Waals surface area contributed by atoms with Crippen molar-refractivity contribution in [1.29, 1.82) is 0 Å². The molecule has 178 valence electrons. The molecule has 0 atom stereocenters. The van der Waals surface area contributed by atoms with Gasteiger partial charge in [-0.1, -0.05) is 36.2 Å². The Balaban J connectivity index is 1.25. The standard InChI is InChI=1S/C25H28N4O4S/c1-19-5-7-20(8-6-19)23-13-14-24(28-27-23)33-18-15-26-25(30)21-9-11-22(12-10-21)34(31,32)29-16-3-2-4-17-29/h5-14H,2-4,15-18H2,1H3,(H,26,30). The number of rotatable bonds is 8. The van der Waals surface area contributed by atoms with Crippen LogP contribution in [0.3, 0.4) is 0 Å². The van der Waals surface area contributed by atoms with E-state index in [0.29, 0.717) is 24.5 Å². The summed E-state index contributed by atoms with van der Waals surface area (Å²) in [6, 6.07) is 17.6. The minimum absolute atomic E-state index is 0.210. The van der Waals surface area contributed by atoms with Gasteiger partial charge in [0.05, 0.1) is 17.1 Å². The van der Waals surface area contributed by atoms with Gasteiger partial charge in [-0.05, 0) is 50.1 Å². The van der Waals surface area contributed by atoms with Crippen LogP contribution < -0.4 is 10.1 Å². The molecule has 34 heavy (non-hydrogen) atoms. The van der Waals surface area contributed by atoms with Gasteiger partial charge >= 0.3 is 0 Å². The van der Waals surface area contributed by atoms with Crippen LogP contribution in [0.25, 0.3) is 11.3 Å². The van der Waals surface area contributed by atoms with Crippen molar-refractivity contribution in [2.24, 2.45) is 0 Å². The first kappa shape index (κ1) is 23.8. The fourth-order valence-electron chi connectivity index (χ4n) is 3.73. The molecule has 1 aliphatic heterocycles. The van der Waals surface area contributed by atoms with Crippen LogP contribution in [-0.2, 0) is 10.0 Å². The number of hydrogen-bond acceptors (Lipinski definition) is 6. The number of nitrogens with zero attached hydrogens (tertiary/aromatic N) is 3. The zero-order chi connectivity index (χ0) is 24.0. The summed E-state index contributed by atoms with van der Waals surface area (Å²) in [7, 11) is -3.51. The number of aromatic nitrogens is 2. The smallest absolute Gasteiger partial charge is 0.251 e. The lowest BCUT2D eigenvalue weighted by Gasteiger charge is -2.25. The van der Waals surface area contributed by atoms with E-state index in [4.69, 9.17) is 4.74 Å². The first-order chi connectivity index (χ1) is 16.4. The first-order valence-corrected chi connectivity index (χ1v) is 12.8. The van der Waals surface area contributed by atoms with E-state index in [0.717, 1.165) is 30.5 Å². The van der Waals surface area contributed by atoms with Gasteiger partial charge in [0.15, 0.2) is 0 Å². The number of hydrogen-bond donors (Lipinski definition) is 1.